The van der Waals surface area contributed by atoms with Gasteiger partial charge < -0.3 is 9.80 Å². The van der Waals surface area contributed by atoms with Gasteiger partial charge in [0.25, 0.3) is 0 Å². The molecule has 1 fully saturated rings. The Morgan fingerprint density at radius 1 is 0.783 bits per heavy atom. The zero-order valence-electron chi connectivity index (χ0n) is 13.4. The van der Waals surface area contributed by atoms with E-state index >= 15 is 0 Å². The first-order valence-corrected chi connectivity index (χ1v) is 9.39. The number of sulfone groups is 1. The average Bonchev–Trinajstić information content (AvgIpc) is 2.80. The van der Waals surface area contributed by atoms with Gasteiger partial charge in [0.05, 0.1) is 9.79 Å². The molecule has 5 heteroatoms. The summed E-state index contributed by atoms with van der Waals surface area (Å²) in [6.07, 6.45) is 1.13. The van der Waals surface area contributed by atoms with Crippen molar-refractivity contribution in [2.75, 3.05) is 38.1 Å². The van der Waals surface area contributed by atoms with Gasteiger partial charge in [-0.15, -0.1) is 0 Å². The van der Waals surface area contributed by atoms with E-state index in [-0.39, 0.29) is 0 Å². The fraction of sp³-hybridized carbons (Fsp3) is 0.333. The van der Waals surface area contributed by atoms with Gasteiger partial charge in [-0.25, -0.2) is 8.42 Å². The fourth-order valence-corrected chi connectivity index (χ4v) is 4.16. The molecular formula is C18H22N2O2S. The third-order valence-electron chi connectivity index (χ3n) is 4.29. The van der Waals surface area contributed by atoms with Gasteiger partial charge in [0, 0.05) is 25.3 Å². The Hall–Kier alpha value is -1.85. The van der Waals surface area contributed by atoms with Crippen LogP contribution in [0.1, 0.15) is 6.42 Å². The first-order chi connectivity index (χ1) is 11.1. The molecule has 0 aliphatic carbocycles. The topological polar surface area (TPSA) is 40.6 Å². The number of hydrogen-bond donors (Lipinski definition) is 0. The van der Waals surface area contributed by atoms with Gasteiger partial charge in [-0.3, -0.25) is 0 Å². The number of benzene rings is 2. The van der Waals surface area contributed by atoms with Crippen molar-refractivity contribution in [3.05, 3.63) is 54.6 Å². The van der Waals surface area contributed by atoms with Crippen molar-refractivity contribution in [1.29, 1.82) is 0 Å². The number of likely N-dealkylation sites (N-methyl/N-ethyl adjacent to an activating group) is 1. The van der Waals surface area contributed by atoms with Gasteiger partial charge in [0.2, 0.25) is 9.84 Å². The summed E-state index contributed by atoms with van der Waals surface area (Å²) < 4.78 is 25.2. The van der Waals surface area contributed by atoms with Gasteiger partial charge in [-0.1, -0.05) is 18.2 Å². The van der Waals surface area contributed by atoms with Crippen LogP contribution in [0.15, 0.2) is 64.4 Å². The summed E-state index contributed by atoms with van der Waals surface area (Å²) >= 11 is 0. The van der Waals surface area contributed by atoms with Crippen molar-refractivity contribution in [2.45, 2.75) is 16.2 Å². The molecule has 3 rings (SSSR count). The SMILES string of the molecule is CN1CCCN(c2ccc(S(=O)(=O)c3ccccc3)cc2)CC1. The molecule has 2 aromatic rings. The molecule has 1 saturated heterocycles. The number of hydrogen-bond acceptors (Lipinski definition) is 4. The predicted molar refractivity (Wildman–Crippen MR) is 92.7 cm³/mol. The van der Waals surface area contributed by atoms with Crippen LogP contribution in [0.4, 0.5) is 5.69 Å². The molecule has 2 aromatic carbocycles. The molecule has 0 spiro atoms. The van der Waals surface area contributed by atoms with Crippen LogP contribution in [0.2, 0.25) is 0 Å². The summed E-state index contributed by atoms with van der Waals surface area (Å²) in [6, 6.07) is 15.8. The largest absolute Gasteiger partial charge is 0.370 e. The third-order valence-corrected chi connectivity index (χ3v) is 6.07. The normalized spacial score (nSPS) is 17.0. The van der Waals surface area contributed by atoms with Gasteiger partial charge in [0.15, 0.2) is 0 Å². The molecule has 23 heavy (non-hydrogen) atoms. The van der Waals surface area contributed by atoms with Crippen LogP contribution >= 0.6 is 0 Å². The lowest BCUT2D eigenvalue weighted by Crippen LogP contribution is -2.28. The third kappa shape index (κ3) is 3.57. The Labute approximate surface area is 138 Å². The van der Waals surface area contributed by atoms with Crippen LogP contribution in [-0.4, -0.2) is 46.5 Å². The van der Waals surface area contributed by atoms with E-state index < -0.39 is 9.84 Å². The Balaban J connectivity index is 1.82. The fourth-order valence-electron chi connectivity index (χ4n) is 2.88. The number of rotatable bonds is 3. The van der Waals surface area contributed by atoms with Crippen molar-refractivity contribution in [3.8, 4) is 0 Å². The molecule has 4 nitrogen and oxygen atoms in total. The predicted octanol–water partition coefficient (Wildman–Crippen LogP) is 2.66. The van der Waals surface area contributed by atoms with E-state index in [1.165, 1.54) is 0 Å². The molecule has 0 radical (unpaired) electrons. The molecule has 0 bridgehead atoms. The number of anilines is 1. The minimum absolute atomic E-state index is 0.337. The summed E-state index contributed by atoms with van der Waals surface area (Å²) in [5.74, 6) is 0. The molecule has 0 N–H and O–H groups in total. The lowest BCUT2D eigenvalue weighted by molar-refractivity contribution is 0.360. The molecule has 0 unspecified atom stereocenters. The first-order valence-electron chi connectivity index (χ1n) is 7.91. The molecule has 1 aliphatic heterocycles. The summed E-state index contributed by atoms with van der Waals surface area (Å²) in [5, 5.41) is 0. The Kier molecular flexibility index (Phi) is 4.68. The minimum Gasteiger partial charge on any atom is -0.370 e. The van der Waals surface area contributed by atoms with E-state index in [9.17, 15) is 8.42 Å². The highest BCUT2D eigenvalue weighted by molar-refractivity contribution is 7.91. The quantitative estimate of drug-likeness (QED) is 0.867. The van der Waals surface area contributed by atoms with Crippen molar-refractivity contribution in [3.63, 3.8) is 0 Å². The zero-order valence-corrected chi connectivity index (χ0v) is 14.2. The minimum atomic E-state index is -3.43. The van der Waals surface area contributed by atoms with Crippen LogP contribution in [-0.2, 0) is 9.84 Å². The summed E-state index contributed by atoms with van der Waals surface area (Å²) in [6.45, 7) is 4.12. The maximum Gasteiger partial charge on any atom is 0.206 e. The van der Waals surface area contributed by atoms with Crippen molar-refractivity contribution in [1.82, 2.24) is 4.90 Å². The van der Waals surface area contributed by atoms with Crippen LogP contribution in [0.3, 0.4) is 0 Å². The molecule has 0 atom stereocenters. The van der Waals surface area contributed by atoms with Gasteiger partial charge in [0.1, 0.15) is 0 Å². The summed E-state index contributed by atoms with van der Waals surface area (Å²) in [5.41, 5.74) is 1.09. The van der Waals surface area contributed by atoms with Crippen molar-refractivity contribution in [2.24, 2.45) is 0 Å². The zero-order chi connectivity index (χ0) is 16.3. The van der Waals surface area contributed by atoms with E-state index in [0.717, 1.165) is 38.3 Å². The highest BCUT2D eigenvalue weighted by Gasteiger charge is 2.18. The molecule has 1 heterocycles. The van der Waals surface area contributed by atoms with Crippen LogP contribution in [0.5, 0.6) is 0 Å². The van der Waals surface area contributed by atoms with Crippen LogP contribution in [0, 0.1) is 0 Å². The first kappa shape index (κ1) is 16.0. The van der Waals surface area contributed by atoms with Gasteiger partial charge >= 0.3 is 0 Å². The van der Waals surface area contributed by atoms with E-state index in [4.69, 9.17) is 0 Å². The van der Waals surface area contributed by atoms with Crippen LogP contribution < -0.4 is 4.90 Å². The van der Waals surface area contributed by atoms with Crippen LogP contribution in [0.25, 0.3) is 0 Å². The molecule has 0 aromatic heterocycles. The van der Waals surface area contributed by atoms with Crippen molar-refractivity contribution < 1.29 is 8.42 Å². The summed E-state index contributed by atoms with van der Waals surface area (Å²) in [4.78, 5) is 5.33. The Morgan fingerprint density at radius 2 is 1.43 bits per heavy atom. The van der Waals surface area contributed by atoms with E-state index in [1.54, 1.807) is 36.4 Å². The second kappa shape index (κ2) is 6.72. The molecule has 0 saturated carbocycles. The second-order valence-electron chi connectivity index (χ2n) is 5.95. The lowest BCUT2D eigenvalue weighted by atomic mass is 10.2. The molecule has 122 valence electrons. The molecular weight excluding hydrogens is 308 g/mol. The van der Waals surface area contributed by atoms with E-state index in [1.807, 2.05) is 18.2 Å². The second-order valence-corrected chi connectivity index (χ2v) is 7.90. The molecule has 1 aliphatic rings. The Morgan fingerprint density at radius 3 is 2.13 bits per heavy atom. The smallest absolute Gasteiger partial charge is 0.206 e. The summed E-state index contributed by atoms with van der Waals surface area (Å²) in [7, 11) is -1.29. The molecule has 0 amide bonds. The average molecular weight is 330 g/mol. The monoisotopic (exact) mass is 330 g/mol. The van der Waals surface area contributed by atoms with Gasteiger partial charge in [-0.05, 0) is 56.4 Å². The van der Waals surface area contributed by atoms with E-state index in [0.29, 0.717) is 9.79 Å². The Bertz CT molecular complexity index is 742. The van der Waals surface area contributed by atoms with Gasteiger partial charge in [-0.2, -0.15) is 0 Å². The lowest BCUT2D eigenvalue weighted by Gasteiger charge is -2.23. The number of nitrogens with zero attached hydrogens (tertiary/aromatic N) is 2. The maximum absolute atomic E-state index is 12.6. The maximum atomic E-state index is 12.6. The highest BCUT2D eigenvalue weighted by Crippen LogP contribution is 2.24. The van der Waals surface area contributed by atoms with Crippen molar-refractivity contribution >= 4 is 15.5 Å². The highest BCUT2D eigenvalue weighted by atomic mass is 32.2. The standard InChI is InChI=1S/C18H22N2O2S/c1-19-12-5-13-20(15-14-19)16-8-10-18(11-9-16)23(21,22)17-6-3-2-4-7-17/h2-4,6-11H,5,12-15H2,1H3. The van der Waals surface area contributed by atoms with E-state index in [2.05, 4.69) is 16.8 Å².